The highest BCUT2D eigenvalue weighted by atomic mass is 19.1. The molecule has 1 atom stereocenters. The lowest BCUT2D eigenvalue weighted by atomic mass is 9.97. The smallest absolute Gasteiger partial charge is 0.123 e. The predicted octanol–water partition coefficient (Wildman–Crippen LogP) is 2.51. The topological polar surface area (TPSA) is 38.0 Å². The minimum Gasteiger partial charge on any atom is -0.384 e. The molecule has 0 bridgehead atoms. The molecule has 96 valence electrons. The molecule has 0 radical (unpaired) electrons. The van der Waals surface area contributed by atoms with Crippen molar-refractivity contribution in [2.75, 3.05) is 0 Å². The van der Waals surface area contributed by atoms with Crippen molar-refractivity contribution in [3.63, 3.8) is 0 Å². The van der Waals surface area contributed by atoms with E-state index in [1.54, 1.807) is 16.9 Å². The Bertz CT molecular complexity index is 563. The van der Waals surface area contributed by atoms with Gasteiger partial charge in [-0.05, 0) is 36.6 Å². The Labute approximate surface area is 106 Å². The van der Waals surface area contributed by atoms with Crippen LogP contribution in [0.2, 0.25) is 0 Å². The molecule has 3 nitrogen and oxygen atoms in total. The van der Waals surface area contributed by atoms with E-state index in [0.29, 0.717) is 5.56 Å². The third-order valence-electron chi connectivity index (χ3n) is 3.10. The molecule has 0 spiro atoms. The van der Waals surface area contributed by atoms with Crippen molar-refractivity contribution in [3.05, 3.63) is 52.6 Å². The summed E-state index contributed by atoms with van der Waals surface area (Å²) in [6.45, 7) is 3.84. The fourth-order valence-electron chi connectivity index (χ4n) is 2.13. The van der Waals surface area contributed by atoms with Crippen molar-refractivity contribution in [1.82, 2.24) is 9.78 Å². The van der Waals surface area contributed by atoms with E-state index in [1.807, 2.05) is 20.9 Å². The van der Waals surface area contributed by atoms with E-state index in [9.17, 15) is 9.50 Å². The fraction of sp³-hybridized carbons (Fsp3) is 0.357. The molecule has 0 fully saturated rings. The lowest BCUT2D eigenvalue weighted by molar-refractivity contribution is 0.218. The number of nitrogens with zero attached hydrogens (tertiary/aromatic N) is 2. The van der Waals surface area contributed by atoms with Gasteiger partial charge in [0.25, 0.3) is 0 Å². The minimum absolute atomic E-state index is 0.336. The zero-order chi connectivity index (χ0) is 13.3. The molecule has 1 unspecified atom stereocenters. The number of aliphatic hydroxyl groups is 1. The van der Waals surface area contributed by atoms with Gasteiger partial charge in [0.2, 0.25) is 0 Å². The van der Waals surface area contributed by atoms with Crippen LogP contribution >= 0.6 is 0 Å². The number of halogens is 1. The van der Waals surface area contributed by atoms with Crippen molar-refractivity contribution in [2.24, 2.45) is 7.05 Å². The molecule has 1 heterocycles. The summed E-state index contributed by atoms with van der Waals surface area (Å²) in [5.41, 5.74) is 3.05. The molecule has 2 rings (SSSR count). The van der Waals surface area contributed by atoms with E-state index in [2.05, 4.69) is 5.10 Å². The summed E-state index contributed by atoms with van der Waals surface area (Å²) >= 11 is 0. The van der Waals surface area contributed by atoms with Crippen LogP contribution in [0, 0.1) is 12.7 Å². The Morgan fingerprint density at radius 3 is 2.78 bits per heavy atom. The summed E-state index contributed by atoms with van der Waals surface area (Å²) in [7, 11) is 1.81. The highest BCUT2D eigenvalue weighted by Crippen LogP contribution is 2.27. The van der Waals surface area contributed by atoms with E-state index in [1.165, 1.54) is 12.1 Å². The molecular formula is C14H17FN2O. The first-order valence-electron chi connectivity index (χ1n) is 5.99. The monoisotopic (exact) mass is 248 g/mol. The van der Waals surface area contributed by atoms with Gasteiger partial charge in [-0.2, -0.15) is 5.10 Å². The van der Waals surface area contributed by atoms with Crippen LogP contribution in [0.25, 0.3) is 0 Å². The van der Waals surface area contributed by atoms with Gasteiger partial charge in [-0.1, -0.05) is 13.0 Å². The van der Waals surface area contributed by atoms with E-state index in [-0.39, 0.29) is 5.82 Å². The molecule has 2 aromatic rings. The second-order valence-corrected chi connectivity index (χ2v) is 4.46. The van der Waals surface area contributed by atoms with Crippen LogP contribution in [0.5, 0.6) is 0 Å². The number of aliphatic hydroxyl groups excluding tert-OH is 1. The molecule has 0 amide bonds. The molecule has 18 heavy (non-hydrogen) atoms. The number of aromatic nitrogens is 2. The van der Waals surface area contributed by atoms with Crippen molar-refractivity contribution in [2.45, 2.75) is 26.4 Å². The predicted molar refractivity (Wildman–Crippen MR) is 67.8 cm³/mol. The lowest BCUT2D eigenvalue weighted by Gasteiger charge is -2.13. The van der Waals surface area contributed by atoms with Crippen molar-refractivity contribution >= 4 is 0 Å². The molecule has 0 aliphatic heterocycles. The average Bonchev–Trinajstić information content (AvgIpc) is 2.72. The number of hydrogen-bond acceptors (Lipinski definition) is 2. The maximum Gasteiger partial charge on any atom is 0.123 e. The Kier molecular flexibility index (Phi) is 3.48. The van der Waals surface area contributed by atoms with Crippen molar-refractivity contribution in [1.29, 1.82) is 0 Å². The largest absolute Gasteiger partial charge is 0.384 e. The second-order valence-electron chi connectivity index (χ2n) is 4.46. The van der Waals surface area contributed by atoms with Gasteiger partial charge >= 0.3 is 0 Å². The Morgan fingerprint density at radius 2 is 2.11 bits per heavy atom. The molecular weight excluding hydrogens is 231 g/mol. The standard InChI is InChI=1S/C14H17FN2O/c1-4-13-12(8-17(3)16-13)14(18)11-7-10(15)6-5-9(11)2/h5-8,14,18H,4H2,1-3H3. The molecule has 1 aromatic carbocycles. The summed E-state index contributed by atoms with van der Waals surface area (Å²) in [5.74, 6) is -0.336. The highest BCUT2D eigenvalue weighted by molar-refractivity contribution is 5.36. The highest BCUT2D eigenvalue weighted by Gasteiger charge is 2.19. The molecule has 1 aromatic heterocycles. The first-order valence-corrected chi connectivity index (χ1v) is 5.99. The summed E-state index contributed by atoms with van der Waals surface area (Å²) in [4.78, 5) is 0. The Morgan fingerprint density at radius 1 is 1.39 bits per heavy atom. The van der Waals surface area contributed by atoms with Gasteiger partial charge < -0.3 is 5.11 Å². The summed E-state index contributed by atoms with van der Waals surface area (Å²) < 4.78 is 15.0. The first kappa shape index (κ1) is 12.8. The van der Waals surface area contributed by atoms with Crippen LogP contribution < -0.4 is 0 Å². The number of rotatable bonds is 3. The van der Waals surface area contributed by atoms with Crippen LogP contribution in [0.3, 0.4) is 0 Å². The van der Waals surface area contributed by atoms with Gasteiger partial charge in [-0.15, -0.1) is 0 Å². The van der Waals surface area contributed by atoms with Crippen molar-refractivity contribution in [3.8, 4) is 0 Å². The maximum atomic E-state index is 13.3. The second kappa shape index (κ2) is 4.90. The molecule has 0 aliphatic carbocycles. The summed E-state index contributed by atoms with van der Waals surface area (Å²) in [6, 6.07) is 4.46. The van der Waals surface area contributed by atoms with Gasteiger partial charge in [0.1, 0.15) is 11.9 Å². The van der Waals surface area contributed by atoms with Gasteiger partial charge in [0.15, 0.2) is 0 Å². The number of hydrogen-bond donors (Lipinski definition) is 1. The quantitative estimate of drug-likeness (QED) is 0.906. The van der Waals surface area contributed by atoms with E-state index < -0.39 is 6.10 Å². The van der Waals surface area contributed by atoms with Gasteiger partial charge in [-0.25, -0.2) is 4.39 Å². The SMILES string of the molecule is CCc1nn(C)cc1C(O)c1cc(F)ccc1C. The zero-order valence-electron chi connectivity index (χ0n) is 10.8. The number of aryl methyl sites for hydroxylation is 3. The third kappa shape index (κ3) is 2.29. The fourth-order valence-corrected chi connectivity index (χ4v) is 2.13. The minimum atomic E-state index is -0.829. The van der Waals surface area contributed by atoms with Gasteiger partial charge in [-0.3, -0.25) is 4.68 Å². The molecule has 1 N–H and O–H groups in total. The van der Waals surface area contributed by atoms with Crippen LogP contribution in [-0.2, 0) is 13.5 Å². The summed E-state index contributed by atoms with van der Waals surface area (Å²) in [5, 5.41) is 14.7. The van der Waals surface area contributed by atoms with E-state index in [0.717, 1.165) is 23.2 Å². The molecule has 4 heteroatoms. The zero-order valence-corrected chi connectivity index (χ0v) is 10.8. The average molecular weight is 248 g/mol. The molecule has 0 saturated carbocycles. The van der Waals surface area contributed by atoms with Gasteiger partial charge in [0.05, 0.1) is 5.69 Å². The normalized spacial score (nSPS) is 12.7. The van der Waals surface area contributed by atoms with Gasteiger partial charge in [0, 0.05) is 18.8 Å². The summed E-state index contributed by atoms with van der Waals surface area (Å²) in [6.07, 6.45) is 1.69. The van der Waals surface area contributed by atoms with Crippen LogP contribution in [0.1, 0.15) is 35.4 Å². The first-order chi connectivity index (χ1) is 8.52. The number of benzene rings is 1. The van der Waals surface area contributed by atoms with Crippen molar-refractivity contribution < 1.29 is 9.50 Å². The van der Waals surface area contributed by atoms with E-state index in [4.69, 9.17) is 0 Å². The third-order valence-corrected chi connectivity index (χ3v) is 3.10. The Balaban J connectivity index is 2.46. The Hall–Kier alpha value is -1.68. The lowest BCUT2D eigenvalue weighted by Crippen LogP contribution is -2.04. The maximum absolute atomic E-state index is 13.3. The van der Waals surface area contributed by atoms with Crippen LogP contribution in [-0.4, -0.2) is 14.9 Å². The van der Waals surface area contributed by atoms with Crippen LogP contribution in [0.15, 0.2) is 24.4 Å². The van der Waals surface area contributed by atoms with E-state index >= 15 is 0 Å². The molecule has 0 aliphatic rings. The molecule has 0 saturated heterocycles. The van der Waals surface area contributed by atoms with Crippen LogP contribution in [0.4, 0.5) is 4.39 Å².